The molecule has 0 aliphatic carbocycles. The van der Waals surface area contributed by atoms with Crippen LogP contribution >= 0.6 is 23.4 Å². The summed E-state index contributed by atoms with van der Waals surface area (Å²) >= 11 is 7.40. The number of benzene rings is 2. The Morgan fingerprint density at radius 3 is 2.53 bits per heavy atom. The van der Waals surface area contributed by atoms with Crippen LogP contribution in [-0.4, -0.2) is 33.5 Å². The van der Waals surface area contributed by atoms with Gasteiger partial charge in [-0.05, 0) is 68.8 Å². The van der Waals surface area contributed by atoms with Crippen LogP contribution in [0.4, 0.5) is 5.69 Å². The highest BCUT2D eigenvalue weighted by Gasteiger charge is 2.17. The Balaban J connectivity index is 1.69. The van der Waals surface area contributed by atoms with E-state index in [0.29, 0.717) is 33.6 Å². The van der Waals surface area contributed by atoms with E-state index in [1.54, 1.807) is 56.3 Å². The highest BCUT2D eigenvalue weighted by molar-refractivity contribution is 8.00. The van der Waals surface area contributed by atoms with Crippen molar-refractivity contribution in [2.75, 3.05) is 11.9 Å². The maximum absolute atomic E-state index is 12.6. The third-order valence-corrected chi connectivity index (χ3v) is 5.94. The molecular formula is C23H22ClN3O4S. The molecule has 0 saturated heterocycles. The first-order valence-corrected chi connectivity index (χ1v) is 11.2. The number of aryl methyl sites for hydroxylation is 1. The molecule has 1 atom stereocenters. The van der Waals surface area contributed by atoms with Crippen LogP contribution in [0.1, 0.15) is 29.8 Å². The van der Waals surface area contributed by atoms with Gasteiger partial charge >= 0.3 is 5.97 Å². The molecule has 1 aromatic heterocycles. The summed E-state index contributed by atoms with van der Waals surface area (Å²) in [5, 5.41) is 7.74. The van der Waals surface area contributed by atoms with Crippen LogP contribution in [0.3, 0.4) is 0 Å². The molecule has 3 aromatic rings. The number of nitrogens with zero attached hydrogens (tertiary/aromatic N) is 2. The van der Waals surface area contributed by atoms with Crippen molar-refractivity contribution in [1.82, 2.24) is 9.78 Å². The van der Waals surface area contributed by atoms with Crippen LogP contribution in [0, 0.1) is 6.92 Å². The van der Waals surface area contributed by atoms with Crippen molar-refractivity contribution in [2.24, 2.45) is 0 Å². The van der Waals surface area contributed by atoms with Crippen molar-refractivity contribution in [3.05, 3.63) is 81.1 Å². The molecule has 3 rings (SSSR count). The SMILES string of the molecule is CCOC(=O)c1ccc(NC(=O)[C@@H](C)Sc2ccc(=O)n(-c3ccc(C)c(Cl)c3)n2)cc1. The van der Waals surface area contributed by atoms with Crippen molar-refractivity contribution in [3.63, 3.8) is 0 Å². The minimum atomic E-state index is -0.486. The molecule has 9 heteroatoms. The van der Waals surface area contributed by atoms with Crippen molar-refractivity contribution in [2.45, 2.75) is 31.0 Å². The van der Waals surface area contributed by atoms with Crippen LogP contribution in [0.2, 0.25) is 5.02 Å². The molecule has 0 aliphatic rings. The topological polar surface area (TPSA) is 90.3 Å². The molecule has 0 bridgehead atoms. The first-order chi connectivity index (χ1) is 15.3. The lowest BCUT2D eigenvalue weighted by Gasteiger charge is -2.13. The van der Waals surface area contributed by atoms with Gasteiger partial charge in [-0.1, -0.05) is 29.4 Å². The number of thioether (sulfide) groups is 1. The van der Waals surface area contributed by atoms with E-state index in [9.17, 15) is 14.4 Å². The largest absolute Gasteiger partial charge is 0.462 e. The Bertz CT molecular complexity index is 1190. The number of carbonyl (C=O) groups is 2. The number of esters is 1. The first-order valence-electron chi connectivity index (χ1n) is 9.90. The monoisotopic (exact) mass is 471 g/mol. The van der Waals surface area contributed by atoms with E-state index in [1.165, 1.54) is 22.5 Å². The minimum Gasteiger partial charge on any atom is -0.462 e. The fourth-order valence-corrected chi connectivity index (χ4v) is 3.72. The van der Waals surface area contributed by atoms with Crippen LogP contribution in [0.25, 0.3) is 5.69 Å². The second-order valence-electron chi connectivity index (χ2n) is 6.90. The zero-order chi connectivity index (χ0) is 23.3. The molecule has 0 fully saturated rings. The lowest BCUT2D eigenvalue weighted by Crippen LogP contribution is -2.24. The predicted octanol–water partition coefficient (Wildman–Crippen LogP) is 4.49. The smallest absolute Gasteiger partial charge is 0.338 e. The van der Waals surface area contributed by atoms with Crippen LogP contribution < -0.4 is 10.9 Å². The zero-order valence-corrected chi connectivity index (χ0v) is 19.4. The fraction of sp³-hybridized carbons (Fsp3) is 0.217. The van der Waals surface area contributed by atoms with E-state index < -0.39 is 11.2 Å². The molecule has 1 amide bonds. The number of rotatable bonds is 7. The van der Waals surface area contributed by atoms with Crippen molar-refractivity contribution >= 4 is 40.9 Å². The van der Waals surface area contributed by atoms with Gasteiger partial charge in [0.2, 0.25) is 5.91 Å². The standard InChI is InChI=1S/C23H22ClN3O4S/c1-4-31-23(30)16-6-8-17(9-7-16)25-22(29)15(3)32-20-11-12-21(28)27(26-20)18-10-5-14(2)19(24)13-18/h5-13,15H,4H2,1-3H3,(H,25,29)/t15-/m1/s1. The summed E-state index contributed by atoms with van der Waals surface area (Å²) in [6.45, 7) is 5.65. The second-order valence-corrected chi connectivity index (χ2v) is 8.67. The summed E-state index contributed by atoms with van der Waals surface area (Å²) in [6, 6.07) is 14.7. The third kappa shape index (κ3) is 5.77. The average molecular weight is 472 g/mol. The normalized spacial score (nSPS) is 11.6. The van der Waals surface area contributed by atoms with E-state index in [1.807, 2.05) is 13.0 Å². The molecule has 0 aliphatic heterocycles. The number of hydrogen-bond acceptors (Lipinski definition) is 6. The lowest BCUT2D eigenvalue weighted by atomic mass is 10.2. The van der Waals surface area contributed by atoms with E-state index in [2.05, 4.69) is 10.4 Å². The van der Waals surface area contributed by atoms with Crippen LogP contribution in [0.5, 0.6) is 0 Å². The maximum Gasteiger partial charge on any atom is 0.338 e. The predicted molar refractivity (Wildman–Crippen MR) is 126 cm³/mol. The van der Waals surface area contributed by atoms with Gasteiger partial charge in [0.05, 0.1) is 23.1 Å². The maximum atomic E-state index is 12.6. The Morgan fingerprint density at radius 1 is 1.16 bits per heavy atom. The van der Waals surface area contributed by atoms with Gasteiger partial charge in [0, 0.05) is 16.8 Å². The van der Waals surface area contributed by atoms with Crippen LogP contribution in [0.15, 0.2) is 64.4 Å². The van der Waals surface area contributed by atoms with Crippen LogP contribution in [-0.2, 0) is 9.53 Å². The van der Waals surface area contributed by atoms with Gasteiger partial charge in [-0.15, -0.1) is 0 Å². The number of carbonyl (C=O) groups excluding carboxylic acids is 2. The summed E-state index contributed by atoms with van der Waals surface area (Å²) in [6.07, 6.45) is 0. The number of nitrogens with one attached hydrogen (secondary N) is 1. The molecule has 1 N–H and O–H groups in total. The van der Waals surface area contributed by atoms with Crippen molar-refractivity contribution in [3.8, 4) is 5.69 Å². The molecule has 0 saturated carbocycles. The molecule has 7 nitrogen and oxygen atoms in total. The van der Waals surface area contributed by atoms with Crippen molar-refractivity contribution in [1.29, 1.82) is 0 Å². The quantitative estimate of drug-likeness (QED) is 0.403. The summed E-state index contributed by atoms with van der Waals surface area (Å²) in [5.74, 6) is -0.651. The van der Waals surface area contributed by atoms with Crippen molar-refractivity contribution < 1.29 is 14.3 Å². The zero-order valence-electron chi connectivity index (χ0n) is 17.8. The molecule has 0 radical (unpaired) electrons. The molecular weight excluding hydrogens is 450 g/mol. The second kappa shape index (κ2) is 10.5. The first kappa shape index (κ1) is 23.6. The van der Waals surface area contributed by atoms with E-state index in [4.69, 9.17) is 16.3 Å². The number of aromatic nitrogens is 2. The number of halogens is 1. The fourth-order valence-electron chi connectivity index (χ4n) is 2.74. The van der Waals surface area contributed by atoms with Gasteiger partial charge in [0.1, 0.15) is 5.03 Å². The number of hydrogen-bond donors (Lipinski definition) is 1. The van der Waals surface area contributed by atoms with Gasteiger partial charge < -0.3 is 10.1 Å². The highest BCUT2D eigenvalue weighted by Crippen LogP contribution is 2.23. The highest BCUT2D eigenvalue weighted by atomic mass is 35.5. The van der Waals surface area contributed by atoms with Gasteiger partial charge in [-0.25, -0.2) is 4.79 Å². The van der Waals surface area contributed by atoms with Gasteiger partial charge in [-0.3, -0.25) is 9.59 Å². The average Bonchev–Trinajstić information content (AvgIpc) is 2.77. The molecule has 0 unspecified atom stereocenters. The van der Waals surface area contributed by atoms with Gasteiger partial charge in [0.15, 0.2) is 0 Å². The molecule has 2 aromatic carbocycles. The molecule has 1 heterocycles. The molecule has 0 spiro atoms. The summed E-state index contributed by atoms with van der Waals surface area (Å²) in [5.41, 5.74) is 2.12. The third-order valence-electron chi connectivity index (χ3n) is 4.51. The Kier molecular flexibility index (Phi) is 7.71. The molecule has 166 valence electrons. The Morgan fingerprint density at radius 2 is 1.88 bits per heavy atom. The Hall–Kier alpha value is -3.10. The number of ether oxygens (including phenoxy) is 1. The minimum absolute atomic E-state index is 0.239. The summed E-state index contributed by atoms with van der Waals surface area (Å²) in [4.78, 5) is 36.6. The van der Waals surface area contributed by atoms with E-state index in [-0.39, 0.29) is 11.5 Å². The van der Waals surface area contributed by atoms with Gasteiger partial charge in [0.25, 0.3) is 5.56 Å². The van der Waals surface area contributed by atoms with E-state index in [0.717, 1.165) is 5.56 Å². The number of anilines is 1. The Labute approximate surface area is 194 Å². The summed E-state index contributed by atoms with van der Waals surface area (Å²) < 4.78 is 6.20. The number of amides is 1. The molecule has 32 heavy (non-hydrogen) atoms. The lowest BCUT2D eigenvalue weighted by molar-refractivity contribution is -0.115. The summed E-state index contributed by atoms with van der Waals surface area (Å²) in [7, 11) is 0. The van der Waals surface area contributed by atoms with Gasteiger partial charge in [-0.2, -0.15) is 9.78 Å². The van der Waals surface area contributed by atoms with E-state index >= 15 is 0 Å².